The van der Waals surface area contributed by atoms with Crippen LogP contribution in [0.5, 0.6) is 5.75 Å². The minimum Gasteiger partial charge on any atom is -0.494 e. The molecule has 0 radical (unpaired) electrons. The number of hydrogen-bond donors (Lipinski definition) is 2. The third kappa shape index (κ3) is 2.91. The Balaban J connectivity index is 1.40. The van der Waals surface area contributed by atoms with Gasteiger partial charge in [-0.3, -0.25) is 19.7 Å². The predicted octanol–water partition coefficient (Wildman–Crippen LogP) is 0.891. The second-order valence-corrected chi connectivity index (χ2v) is 8.81. The van der Waals surface area contributed by atoms with Crippen molar-refractivity contribution in [1.29, 1.82) is 0 Å². The third-order valence-corrected chi connectivity index (χ3v) is 7.08. The maximum absolute atomic E-state index is 14.5. The molecule has 1 spiro atoms. The molecule has 3 fully saturated rings. The van der Waals surface area contributed by atoms with Gasteiger partial charge in [0, 0.05) is 30.6 Å². The van der Waals surface area contributed by atoms with Gasteiger partial charge in [0.1, 0.15) is 11.8 Å². The van der Waals surface area contributed by atoms with E-state index in [9.17, 15) is 23.2 Å². The van der Waals surface area contributed by atoms with Crippen molar-refractivity contribution in [2.75, 3.05) is 38.2 Å². The first-order valence-electron chi connectivity index (χ1n) is 10.4. The molecule has 31 heavy (non-hydrogen) atoms. The largest absolute Gasteiger partial charge is 0.494 e. The highest BCUT2D eigenvalue weighted by molar-refractivity contribution is 6.06. The summed E-state index contributed by atoms with van der Waals surface area (Å²) in [5.74, 6) is -3.40. The highest BCUT2D eigenvalue weighted by Crippen LogP contribution is 2.52. The zero-order valence-electron chi connectivity index (χ0n) is 17.2. The highest BCUT2D eigenvalue weighted by Gasteiger charge is 2.61. The van der Waals surface area contributed by atoms with E-state index in [1.54, 1.807) is 12.1 Å². The van der Waals surface area contributed by atoms with E-state index in [1.165, 1.54) is 12.0 Å². The van der Waals surface area contributed by atoms with Crippen LogP contribution >= 0.6 is 0 Å². The van der Waals surface area contributed by atoms with E-state index >= 15 is 0 Å². The number of carbonyl (C=O) groups is 3. The number of fused-ring (bicyclic) bond motifs is 1. The molecular weight excluding hydrogens is 410 g/mol. The monoisotopic (exact) mass is 434 g/mol. The molecule has 1 atom stereocenters. The summed E-state index contributed by atoms with van der Waals surface area (Å²) < 4.78 is 34.7. The van der Waals surface area contributed by atoms with Gasteiger partial charge in [-0.1, -0.05) is 0 Å². The summed E-state index contributed by atoms with van der Waals surface area (Å²) in [6, 6.07) is 2.69. The molecule has 2 N–H and O–H groups in total. The maximum atomic E-state index is 14.5. The molecule has 1 unspecified atom stereocenters. The van der Waals surface area contributed by atoms with Crippen LogP contribution in [-0.2, 0) is 16.1 Å². The van der Waals surface area contributed by atoms with Crippen molar-refractivity contribution >= 4 is 23.4 Å². The summed E-state index contributed by atoms with van der Waals surface area (Å²) in [6.45, 7) is 0.886. The number of amides is 3. The van der Waals surface area contributed by atoms with Gasteiger partial charge in [0.2, 0.25) is 11.8 Å². The molecule has 10 heteroatoms. The summed E-state index contributed by atoms with van der Waals surface area (Å²) in [6.07, 6.45) is 0.862. The van der Waals surface area contributed by atoms with Gasteiger partial charge in [-0.2, -0.15) is 0 Å². The van der Waals surface area contributed by atoms with Crippen LogP contribution in [0.25, 0.3) is 0 Å². The van der Waals surface area contributed by atoms with Crippen molar-refractivity contribution in [2.45, 2.75) is 37.8 Å². The molecule has 8 nitrogen and oxygen atoms in total. The van der Waals surface area contributed by atoms with Gasteiger partial charge in [-0.15, -0.1) is 0 Å². The molecule has 166 valence electrons. The van der Waals surface area contributed by atoms with Crippen LogP contribution in [0.15, 0.2) is 12.1 Å². The molecule has 3 saturated heterocycles. The first-order chi connectivity index (χ1) is 14.8. The predicted molar refractivity (Wildman–Crippen MR) is 106 cm³/mol. The molecule has 4 aliphatic heterocycles. The van der Waals surface area contributed by atoms with Gasteiger partial charge in [-0.25, -0.2) is 8.78 Å². The molecule has 4 heterocycles. The molecule has 3 amide bonds. The molecular formula is C21H24F2N4O4. The van der Waals surface area contributed by atoms with Crippen molar-refractivity contribution in [1.82, 2.24) is 15.5 Å². The number of alkyl halides is 2. The summed E-state index contributed by atoms with van der Waals surface area (Å²) in [4.78, 5) is 40.0. The van der Waals surface area contributed by atoms with E-state index in [1.807, 2.05) is 4.90 Å². The van der Waals surface area contributed by atoms with Gasteiger partial charge in [-0.05, 0) is 31.5 Å². The summed E-state index contributed by atoms with van der Waals surface area (Å²) >= 11 is 0. The van der Waals surface area contributed by atoms with Crippen molar-refractivity contribution in [3.05, 3.63) is 23.3 Å². The number of imide groups is 1. The first-order valence-corrected chi connectivity index (χ1v) is 10.4. The van der Waals surface area contributed by atoms with Gasteiger partial charge < -0.3 is 19.9 Å². The average Bonchev–Trinajstić information content (AvgIpc) is 3.02. The smallest absolute Gasteiger partial charge is 0.269 e. The van der Waals surface area contributed by atoms with Crippen LogP contribution in [0.1, 0.15) is 35.2 Å². The summed E-state index contributed by atoms with van der Waals surface area (Å²) in [7, 11) is 1.49. The molecule has 0 bridgehead atoms. The molecule has 0 aliphatic carbocycles. The van der Waals surface area contributed by atoms with Crippen LogP contribution in [0.4, 0.5) is 14.5 Å². The Hall–Kier alpha value is -2.75. The minimum absolute atomic E-state index is 0.177. The number of anilines is 1. The van der Waals surface area contributed by atoms with Crippen LogP contribution in [-0.4, -0.2) is 67.9 Å². The number of hydrogen-bond acceptors (Lipinski definition) is 6. The number of piperidine rings is 2. The molecule has 0 saturated carbocycles. The van der Waals surface area contributed by atoms with Gasteiger partial charge in [0.25, 0.3) is 11.8 Å². The van der Waals surface area contributed by atoms with Crippen molar-refractivity contribution < 1.29 is 27.9 Å². The normalized spacial score (nSPS) is 26.5. The highest BCUT2D eigenvalue weighted by atomic mass is 19.3. The lowest BCUT2D eigenvalue weighted by molar-refractivity contribution is -0.151. The van der Waals surface area contributed by atoms with Gasteiger partial charge in [0.05, 0.1) is 31.3 Å². The lowest BCUT2D eigenvalue weighted by Gasteiger charge is -2.56. The van der Waals surface area contributed by atoms with E-state index in [0.29, 0.717) is 35.5 Å². The Bertz CT molecular complexity index is 976. The lowest BCUT2D eigenvalue weighted by Crippen LogP contribution is -2.70. The number of rotatable bonds is 3. The Morgan fingerprint density at radius 2 is 1.97 bits per heavy atom. The molecule has 5 rings (SSSR count). The molecule has 1 aromatic carbocycles. The van der Waals surface area contributed by atoms with Crippen molar-refractivity contribution in [3.8, 4) is 5.75 Å². The Morgan fingerprint density at radius 1 is 1.19 bits per heavy atom. The van der Waals surface area contributed by atoms with E-state index in [4.69, 9.17) is 4.74 Å². The van der Waals surface area contributed by atoms with Crippen LogP contribution in [0.2, 0.25) is 0 Å². The second-order valence-electron chi connectivity index (χ2n) is 8.81. The SMILES string of the molecule is COc1c(N2CC3(CCNCC3(F)F)C2)ccc2c1CN(C1CCC(=O)NC1=O)C2=O. The van der Waals surface area contributed by atoms with Gasteiger partial charge in [0.15, 0.2) is 0 Å². The maximum Gasteiger partial charge on any atom is 0.269 e. The first kappa shape index (κ1) is 20.2. The lowest BCUT2D eigenvalue weighted by atomic mass is 9.69. The summed E-state index contributed by atoms with van der Waals surface area (Å²) in [5, 5.41) is 5.05. The third-order valence-electron chi connectivity index (χ3n) is 7.08. The second kappa shape index (κ2) is 6.88. The Kier molecular flexibility index (Phi) is 4.47. The topological polar surface area (TPSA) is 91.0 Å². The standard InChI is InChI=1S/C21H24F2N4O4/c1-31-17-13-8-27(15-4-5-16(28)25-18(15)29)19(30)12(13)2-3-14(17)26-10-20(11-26)6-7-24-9-21(20,22)23/h2-3,15,24H,4-11H2,1H3,(H,25,28,29). The van der Waals surface area contributed by atoms with Crippen molar-refractivity contribution in [2.24, 2.45) is 5.41 Å². The van der Waals surface area contributed by atoms with Gasteiger partial charge >= 0.3 is 0 Å². The fraction of sp³-hybridized carbons (Fsp3) is 0.571. The van der Waals surface area contributed by atoms with E-state index in [2.05, 4.69) is 10.6 Å². The number of ether oxygens (including phenoxy) is 1. The number of methoxy groups -OCH3 is 1. The Morgan fingerprint density at radius 3 is 2.65 bits per heavy atom. The van der Waals surface area contributed by atoms with E-state index < -0.39 is 23.3 Å². The molecule has 4 aliphatic rings. The summed E-state index contributed by atoms with van der Waals surface area (Å²) in [5.41, 5.74) is 0.719. The fourth-order valence-corrected chi connectivity index (χ4v) is 5.27. The van der Waals surface area contributed by atoms with Crippen molar-refractivity contribution in [3.63, 3.8) is 0 Å². The quantitative estimate of drug-likeness (QED) is 0.687. The zero-order chi connectivity index (χ0) is 22.0. The number of nitrogens with one attached hydrogen (secondary N) is 2. The fourth-order valence-electron chi connectivity index (χ4n) is 5.27. The zero-order valence-corrected chi connectivity index (χ0v) is 17.2. The van der Waals surface area contributed by atoms with Crippen LogP contribution in [0.3, 0.4) is 0 Å². The van der Waals surface area contributed by atoms with Crippen LogP contribution < -0.4 is 20.3 Å². The van der Waals surface area contributed by atoms with Crippen LogP contribution in [0, 0.1) is 5.41 Å². The number of benzene rings is 1. The number of halogens is 2. The van der Waals surface area contributed by atoms with E-state index in [0.717, 1.165) is 0 Å². The molecule has 0 aromatic heterocycles. The van der Waals surface area contributed by atoms with E-state index in [-0.39, 0.29) is 50.8 Å². The average molecular weight is 434 g/mol. The number of nitrogens with zero attached hydrogens (tertiary/aromatic N) is 2. The minimum atomic E-state index is -2.77. The number of carbonyl (C=O) groups excluding carboxylic acids is 3. The Labute approximate surface area is 177 Å². The molecule has 1 aromatic rings.